The number of nitro groups is 1. The molecule has 0 aliphatic heterocycles. The summed E-state index contributed by atoms with van der Waals surface area (Å²) in [6, 6.07) is 5.77. The third-order valence-corrected chi connectivity index (χ3v) is 3.50. The van der Waals surface area contributed by atoms with Crippen molar-refractivity contribution >= 4 is 21.6 Å². The fourth-order valence-electron chi connectivity index (χ4n) is 1.84. The van der Waals surface area contributed by atoms with Gasteiger partial charge in [0.15, 0.2) is 0 Å². The molecule has 0 saturated carbocycles. The number of nitrogens with zero attached hydrogens (tertiary/aromatic N) is 2. The molecule has 1 aromatic rings. The van der Waals surface area contributed by atoms with Crippen molar-refractivity contribution in [1.82, 2.24) is 4.90 Å². The Balaban J connectivity index is 2.89. The molecule has 0 heterocycles. The second-order valence-electron chi connectivity index (χ2n) is 4.61. The molecule has 5 heteroatoms. The zero-order chi connectivity index (χ0) is 13.7. The zero-order valence-corrected chi connectivity index (χ0v) is 12.6. The van der Waals surface area contributed by atoms with E-state index in [1.165, 1.54) is 0 Å². The van der Waals surface area contributed by atoms with E-state index in [9.17, 15) is 10.1 Å². The van der Waals surface area contributed by atoms with Gasteiger partial charge in [0, 0.05) is 18.7 Å². The second kappa shape index (κ2) is 6.85. The van der Waals surface area contributed by atoms with Crippen LogP contribution in [0.5, 0.6) is 0 Å². The normalized spacial score (nSPS) is 11.2. The van der Waals surface area contributed by atoms with Gasteiger partial charge in [-0.2, -0.15) is 0 Å². The molecule has 1 aromatic carbocycles. The summed E-state index contributed by atoms with van der Waals surface area (Å²) in [5.74, 6) is 0. The minimum atomic E-state index is -0.354. The van der Waals surface area contributed by atoms with Crippen LogP contribution < -0.4 is 0 Å². The third kappa shape index (κ3) is 4.07. The van der Waals surface area contributed by atoms with Crippen LogP contribution in [0.15, 0.2) is 22.7 Å². The molecule has 0 bridgehead atoms. The van der Waals surface area contributed by atoms with Crippen molar-refractivity contribution in [2.45, 2.75) is 39.8 Å². The maximum absolute atomic E-state index is 10.9. The first-order valence-electron chi connectivity index (χ1n) is 6.12. The van der Waals surface area contributed by atoms with Crippen LogP contribution in [0.3, 0.4) is 0 Å². The Hall–Kier alpha value is -0.940. The molecular formula is C13H19BrN2O2. The van der Waals surface area contributed by atoms with Crippen LogP contribution >= 0.6 is 15.9 Å². The lowest BCUT2D eigenvalue weighted by molar-refractivity contribution is -0.385. The lowest BCUT2D eigenvalue weighted by Gasteiger charge is -2.25. The summed E-state index contributed by atoms with van der Waals surface area (Å²) in [5.41, 5.74) is 1.11. The highest BCUT2D eigenvalue weighted by Gasteiger charge is 2.15. The third-order valence-electron chi connectivity index (χ3n) is 2.83. The topological polar surface area (TPSA) is 46.4 Å². The minimum absolute atomic E-state index is 0.132. The van der Waals surface area contributed by atoms with Crippen molar-refractivity contribution in [3.05, 3.63) is 38.3 Å². The van der Waals surface area contributed by atoms with E-state index < -0.39 is 0 Å². The summed E-state index contributed by atoms with van der Waals surface area (Å²) in [7, 11) is 0. The molecule has 100 valence electrons. The molecule has 0 atom stereocenters. The summed E-state index contributed by atoms with van der Waals surface area (Å²) in [6.07, 6.45) is 1.08. The first-order chi connectivity index (χ1) is 8.45. The Morgan fingerprint density at radius 1 is 1.44 bits per heavy atom. The highest BCUT2D eigenvalue weighted by molar-refractivity contribution is 9.10. The fraction of sp³-hybridized carbons (Fsp3) is 0.538. The van der Waals surface area contributed by atoms with E-state index in [1.807, 2.05) is 6.07 Å². The van der Waals surface area contributed by atoms with E-state index in [4.69, 9.17) is 0 Å². The predicted molar refractivity (Wildman–Crippen MR) is 76.6 cm³/mol. The van der Waals surface area contributed by atoms with Crippen LogP contribution in [0.4, 0.5) is 5.69 Å². The lowest BCUT2D eigenvalue weighted by Crippen LogP contribution is -2.31. The zero-order valence-electron chi connectivity index (χ0n) is 11.0. The van der Waals surface area contributed by atoms with Gasteiger partial charge in [0.1, 0.15) is 0 Å². The van der Waals surface area contributed by atoms with Gasteiger partial charge in [-0.25, -0.2) is 0 Å². The first-order valence-corrected chi connectivity index (χ1v) is 6.91. The Morgan fingerprint density at radius 3 is 2.61 bits per heavy atom. The maximum atomic E-state index is 10.9. The number of benzene rings is 1. The SMILES string of the molecule is CCCN(Cc1ccc(Br)c([N+](=O)[O-])c1)C(C)C. The van der Waals surface area contributed by atoms with Crippen LogP contribution in [0.2, 0.25) is 0 Å². The molecule has 0 unspecified atom stereocenters. The molecule has 0 N–H and O–H groups in total. The van der Waals surface area contributed by atoms with Gasteiger partial charge >= 0.3 is 0 Å². The van der Waals surface area contributed by atoms with E-state index in [0.29, 0.717) is 10.5 Å². The van der Waals surface area contributed by atoms with Crippen molar-refractivity contribution < 1.29 is 4.92 Å². The van der Waals surface area contributed by atoms with Crippen LogP contribution in [0.25, 0.3) is 0 Å². The standard InChI is InChI=1S/C13H19BrN2O2/c1-4-7-15(10(2)3)9-11-5-6-12(14)13(8-11)16(17)18/h5-6,8,10H,4,7,9H2,1-3H3. The molecule has 4 nitrogen and oxygen atoms in total. The molecule has 18 heavy (non-hydrogen) atoms. The maximum Gasteiger partial charge on any atom is 0.283 e. The molecule has 0 aromatic heterocycles. The summed E-state index contributed by atoms with van der Waals surface area (Å²) in [4.78, 5) is 12.8. The lowest BCUT2D eigenvalue weighted by atomic mass is 10.1. The number of halogens is 1. The second-order valence-corrected chi connectivity index (χ2v) is 5.46. The van der Waals surface area contributed by atoms with Gasteiger partial charge < -0.3 is 0 Å². The molecule has 0 aliphatic carbocycles. The summed E-state index contributed by atoms with van der Waals surface area (Å²) in [5, 5.41) is 10.9. The van der Waals surface area contributed by atoms with E-state index in [-0.39, 0.29) is 10.6 Å². The number of rotatable bonds is 6. The minimum Gasteiger partial charge on any atom is -0.297 e. The highest BCUT2D eigenvalue weighted by atomic mass is 79.9. The number of hydrogen-bond donors (Lipinski definition) is 0. The Bertz CT molecular complexity index is 421. The van der Waals surface area contributed by atoms with E-state index in [0.717, 1.165) is 25.1 Å². The van der Waals surface area contributed by atoms with Gasteiger partial charge in [-0.1, -0.05) is 13.0 Å². The highest BCUT2D eigenvalue weighted by Crippen LogP contribution is 2.26. The van der Waals surface area contributed by atoms with Gasteiger partial charge in [0.05, 0.1) is 9.40 Å². The Labute approximate surface area is 116 Å². The van der Waals surface area contributed by atoms with E-state index >= 15 is 0 Å². The van der Waals surface area contributed by atoms with Crippen molar-refractivity contribution in [3.8, 4) is 0 Å². The van der Waals surface area contributed by atoms with Crippen molar-refractivity contribution in [2.24, 2.45) is 0 Å². The van der Waals surface area contributed by atoms with Gasteiger partial charge in [0.2, 0.25) is 0 Å². The smallest absolute Gasteiger partial charge is 0.283 e. The molecule has 0 radical (unpaired) electrons. The van der Waals surface area contributed by atoms with Crippen LogP contribution in [-0.4, -0.2) is 22.4 Å². The first kappa shape index (κ1) is 15.1. The summed E-state index contributed by atoms with van der Waals surface area (Å²) in [6.45, 7) is 8.17. The van der Waals surface area contributed by atoms with E-state index in [2.05, 4.69) is 41.6 Å². The monoisotopic (exact) mass is 314 g/mol. The number of nitro benzene ring substituents is 1. The molecule has 0 aliphatic rings. The Kier molecular flexibility index (Phi) is 5.75. The molecule has 0 fully saturated rings. The molecule has 0 spiro atoms. The Morgan fingerprint density at radius 2 is 2.11 bits per heavy atom. The summed E-state index contributed by atoms with van der Waals surface area (Å²) < 4.78 is 0.530. The average Bonchev–Trinajstić information content (AvgIpc) is 2.30. The van der Waals surface area contributed by atoms with Gasteiger partial charge in [-0.05, 0) is 54.4 Å². The molecule has 1 rings (SSSR count). The van der Waals surface area contributed by atoms with Crippen molar-refractivity contribution in [3.63, 3.8) is 0 Å². The van der Waals surface area contributed by atoms with E-state index in [1.54, 1.807) is 12.1 Å². The van der Waals surface area contributed by atoms with Crippen LogP contribution in [-0.2, 0) is 6.54 Å². The quantitative estimate of drug-likeness (QED) is 0.589. The molecule has 0 saturated heterocycles. The molecule has 0 amide bonds. The largest absolute Gasteiger partial charge is 0.297 e. The van der Waals surface area contributed by atoms with Crippen molar-refractivity contribution in [1.29, 1.82) is 0 Å². The fourth-order valence-corrected chi connectivity index (χ4v) is 2.23. The van der Waals surface area contributed by atoms with Gasteiger partial charge in [-0.15, -0.1) is 0 Å². The van der Waals surface area contributed by atoms with Gasteiger partial charge in [0.25, 0.3) is 5.69 Å². The predicted octanol–water partition coefficient (Wildman–Crippen LogP) is 3.98. The van der Waals surface area contributed by atoms with Crippen LogP contribution in [0.1, 0.15) is 32.8 Å². The summed E-state index contributed by atoms with van der Waals surface area (Å²) >= 11 is 3.20. The van der Waals surface area contributed by atoms with Crippen LogP contribution in [0, 0.1) is 10.1 Å². The molecular weight excluding hydrogens is 296 g/mol. The number of hydrogen-bond acceptors (Lipinski definition) is 3. The van der Waals surface area contributed by atoms with Gasteiger partial charge in [-0.3, -0.25) is 15.0 Å². The van der Waals surface area contributed by atoms with Crippen molar-refractivity contribution in [2.75, 3.05) is 6.54 Å². The average molecular weight is 315 g/mol.